The Hall–Kier alpha value is -2.43. The fourth-order valence-corrected chi connectivity index (χ4v) is 3.53. The lowest BCUT2D eigenvalue weighted by Gasteiger charge is -2.35. The second-order valence-electron chi connectivity index (χ2n) is 6.58. The normalized spacial score (nSPS) is 15.3. The monoisotopic (exact) mass is 365 g/mol. The van der Waals surface area contributed by atoms with Gasteiger partial charge in [-0.25, -0.2) is 0 Å². The van der Waals surface area contributed by atoms with Crippen molar-refractivity contribution in [1.29, 1.82) is 0 Å². The van der Waals surface area contributed by atoms with E-state index in [4.69, 9.17) is 11.6 Å². The number of pyridine rings is 1. The molecule has 4 rings (SSSR count). The van der Waals surface area contributed by atoms with Crippen LogP contribution in [0, 0.1) is 0 Å². The van der Waals surface area contributed by atoms with Crippen molar-refractivity contribution in [2.24, 2.45) is 0 Å². The summed E-state index contributed by atoms with van der Waals surface area (Å²) in [4.78, 5) is 21.7. The minimum absolute atomic E-state index is 0.0699. The van der Waals surface area contributed by atoms with E-state index in [1.165, 1.54) is 5.56 Å². The maximum atomic E-state index is 13.0. The van der Waals surface area contributed by atoms with Gasteiger partial charge in [0.15, 0.2) is 0 Å². The molecule has 1 fully saturated rings. The zero-order valence-corrected chi connectivity index (χ0v) is 15.2. The highest BCUT2D eigenvalue weighted by Crippen LogP contribution is 2.19. The average Bonchev–Trinajstić information content (AvgIpc) is 2.69. The Morgan fingerprint density at radius 1 is 0.962 bits per heavy atom. The van der Waals surface area contributed by atoms with Crippen LogP contribution in [0.1, 0.15) is 15.9 Å². The minimum atomic E-state index is 0.0699. The Morgan fingerprint density at radius 2 is 1.69 bits per heavy atom. The van der Waals surface area contributed by atoms with Gasteiger partial charge in [-0.3, -0.25) is 14.7 Å². The molecule has 1 saturated heterocycles. The molecule has 0 unspecified atom stereocenters. The van der Waals surface area contributed by atoms with Crippen LogP contribution >= 0.6 is 11.6 Å². The van der Waals surface area contributed by atoms with Gasteiger partial charge in [0.2, 0.25) is 0 Å². The number of nitrogens with zero attached hydrogens (tertiary/aromatic N) is 3. The standard InChI is InChI=1S/C21H20ClN3O/c22-18-8-6-16(7-9-18)15-24-11-13-25(14-12-24)21(26)19-5-1-3-17-4-2-10-23-20(17)19/h1-10H,11-15H2. The summed E-state index contributed by atoms with van der Waals surface area (Å²) < 4.78 is 0. The fraction of sp³-hybridized carbons (Fsp3) is 0.238. The zero-order chi connectivity index (χ0) is 17.9. The number of aromatic nitrogens is 1. The summed E-state index contributed by atoms with van der Waals surface area (Å²) in [6.07, 6.45) is 1.74. The molecule has 5 heteroatoms. The number of piperazine rings is 1. The lowest BCUT2D eigenvalue weighted by Crippen LogP contribution is -2.48. The summed E-state index contributed by atoms with van der Waals surface area (Å²) >= 11 is 5.95. The van der Waals surface area contributed by atoms with Crippen molar-refractivity contribution < 1.29 is 4.79 Å². The van der Waals surface area contributed by atoms with Gasteiger partial charge < -0.3 is 4.90 Å². The van der Waals surface area contributed by atoms with Gasteiger partial charge in [-0.05, 0) is 29.8 Å². The highest BCUT2D eigenvalue weighted by molar-refractivity contribution is 6.30. The summed E-state index contributed by atoms with van der Waals surface area (Å²) in [5, 5.41) is 1.76. The van der Waals surface area contributed by atoms with E-state index in [9.17, 15) is 4.79 Å². The molecule has 2 heterocycles. The molecule has 0 aliphatic carbocycles. The van der Waals surface area contributed by atoms with Gasteiger partial charge in [-0.15, -0.1) is 0 Å². The quantitative estimate of drug-likeness (QED) is 0.707. The molecule has 0 saturated carbocycles. The Kier molecular flexibility index (Phi) is 4.87. The number of hydrogen-bond acceptors (Lipinski definition) is 3. The van der Waals surface area contributed by atoms with Gasteiger partial charge in [0.05, 0.1) is 11.1 Å². The van der Waals surface area contributed by atoms with E-state index < -0.39 is 0 Å². The number of hydrogen-bond donors (Lipinski definition) is 0. The van der Waals surface area contributed by atoms with Crippen LogP contribution in [0.25, 0.3) is 10.9 Å². The highest BCUT2D eigenvalue weighted by Gasteiger charge is 2.23. The van der Waals surface area contributed by atoms with E-state index in [-0.39, 0.29) is 5.91 Å². The van der Waals surface area contributed by atoms with Crippen molar-refractivity contribution in [1.82, 2.24) is 14.8 Å². The zero-order valence-electron chi connectivity index (χ0n) is 14.4. The Bertz CT molecular complexity index is 913. The predicted octanol–water partition coefficient (Wildman–Crippen LogP) is 3.85. The first kappa shape index (κ1) is 17.0. The number of benzene rings is 2. The van der Waals surface area contributed by atoms with Crippen LogP contribution < -0.4 is 0 Å². The van der Waals surface area contributed by atoms with Crippen LogP contribution in [0.4, 0.5) is 0 Å². The van der Waals surface area contributed by atoms with Crippen molar-refractivity contribution in [2.45, 2.75) is 6.54 Å². The Labute approximate surface area is 158 Å². The number of para-hydroxylation sites is 1. The topological polar surface area (TPSA) is 36.4 Å². The van der Waals surface area contributed by atoms with Crippen molar-refractivity contribution in [2.75, 3.05) is 26.2 Å². The van der Waals surface area contributed by atoms with Gasteiger partial charge in [0.1, 0.15) is 0 Å². The van der Waals surface area contributed by atoms with Crippen molar-refractivity contribution >= 4 is 28.4 Å². The molecule has 2 aromatic carbocycles. The van der Waals surface area contributed by atoms with Gasteiger partial charge in [-0.2, -0.15) is 0 Å². The van der Waals surface area contributed by atoms with Gasteiger partial charge in [0.25, 0.3) is 5.91 Å². The number of amides is 1. The van der Waals surface area contributed by atoms with Crippen LogP contribution in [0.2, 0.25) is 5.02 Å². The van der Waals surface area contributed by atoms with E-state index in [1.807, 2.05) is 47.4 Å². The van der Waals surface area contributed by atoms with Crippen LogP contribution in [-0.2, 0) is 6.54 Å². The van der Waals surface area contributed by atoms with Crippen molar-refractivity contribution in [3.8, 4) is 0 Å². The minimum Gasteiger partial charge on any atom is -0.336 e. The molecule has 0 atom stereocenters. The second-order valence-corrected chi connectivity index (χ2v) is 7.01. The molecule has 4 nitrogen and oxygen atoms in total. The smallest absolute Gasteiger partial charge is 0.256 e. The van der Waals surface area contributed by atoms with E-state index in [0.29, 0.717) is 5.56 Å². The maximum Gasteiger partial charge on any atom is 0.256 e. The van der Waals surface area contributed by atoms with Crippen molar-refractivity contribution in [3.05, 3.63) is 76.9 Å². The molecule has 0 spiro atoms. The molecule has 1 aliphatic heterocycles. The number of halogens is 1. The number of carbonyl (C=O) groups excluding carboxylic acids is 1. The van der Waals surface area contributed by atoms with E-state index in [1.54, 1.807) is 6.20 Å². The molecular formula is C21H20ClN3O. The van der Waals surface area contributed by atoms with Crippen LogP contribution in [0.3, 0.4) is 0 Å². The summed E-state index contributed by atoms with van der Waals surface area (Å²) in [6.45, 7) is 4.08. The predicted molar refractivity (Wildman–Crippen MR) is 104 cm³/mol. The highest BCUT2D eigenvalue weighted by atomic mass is 35.5. The second kappa shape index (κ2) is 7.44. The lowest BCUT2D eigenvalue weighted by atomic mass is 10.1. The Morgan fingerprint density at radius 3 is 2.46 bits per heavy atom. The first-order valence-corrected chi connectivity index (χ1v) is 9.18. The summed E-state index contributed by atoms with van der Waals surface area (Å²) in [7, 11) is 0. The maximum absolute atomic E-state index is 13.0. The molecular weight excluding hydrogens is 346 g/mol. The third-order valence-electron chi connectivity index (χ3n) is 4.84. The van der Waals surface area contributed by atoms with Gasteiger partial charge >= 0.3 is 0 Å². The molecule has 26 heavy (non-hydrogen) atoms. The van der Waals surface area contributed by atoms with E-state index >= 15 is 0 Å². The SMILES string of the molecule is O=C(c1cccc2cccnc12)N1CCN(Cc2ccc(Cl)cc2)CC1. The van der Waals surface area contributed by atoms with Gasteiger partial charge in [-0.1, -0.05) is 41.9 Å². The number of fused-ring (bicyclic) bond motifs is 1. The molecule has 0 N–H and O–H groups in total. The third-order valence-corrected chi connectivity index (χ3v) is 5.09. The Balaban J connectivity index is 1.42. The largest absolute Gasteiger partial charge is 0.336 e. The van der Waals surface area contributed by atoms with Crippen LogP contribution in [0.5, 0.6) is 0 Å². The summed E-state index contributed by atoms with van der Waals surface area (Å²) in [5.74, 6) is 0.0699. The van der Waals surface area contributed by atoms with E-state index in [2.05, 4.69) is 22.0 Å². The average molecular weight is 366 g/mol. The molecule has 0 radical (unpaired) electrons. The van der Waals surface area contributed by atoms with Gasteiger partial charge in [0, 0.05) is 49.3 Å². The fourth-order valence-electron chi connectivity index (χ4n) is 3.40. The van der Waals surface area contributed by atoms with Crippen LogP contribution in [-0.4, -0.2) is 46.9 Å². The van der Waals surface area contributed by atoms with Crippen LogP contribution in [0.15, 0.2) is 60.8 Å². The third kappa shape index (κ3) is 3.57. The number of carbonyl (C=O) groups is 1. The molecule has 1 aliphatic rings. The first-order chi connectivity index (χ1) is 12.7. The molecule has 3 aromatic rings. The molecule has 1 aromatic heterocycles. The van der Waals surface area contributed by atoms with E-state index in [0.717, 1.165) is 48.6 Å². The number of rotatable bonds is 3. The summed E-state index contributed by atoms with van der Waals surface area (Å²) in [6, 6.07) is 17.6. The molecule has 1 amide bonds. The van der Waals surface area contributed by atoms with Crippen molar-refractivity contribution in [3.63, 3.8) is 0 Å². The summed E-state index contributed by atoms with van der Waals surface area (Å²) in [5.41, 5.74) is 2.71. The molecule has 0 bridgehead atoms. The lowest BCUT2D eigenvalue weighted by molar-refractivity contribution is 0.0630. The molecule has 132 valence electrons. The first-order valence-electron chi connectivity index (χ1n) is 8.80.